The molecule has 2 aromatic carbocycles. The highest BCUT2D eigenvalue weighted by Gasteiger charge is 2.08. The average molecular weight is 377 g/mol. The van der Waals surface area contributed by atoms with E-state index in [0.717, 1.165) is 29.2 Å². The van der Waals surface area contributed by atoms with E-state index in [4.69, 9.17) is 9.47 Å². The number of carbonyl (C=O) groups excluding carboxylic acids is 1. The number of nitrogens with one attached hydrogen (secondary N) is 2. The number of hydrogen-bond acceptors (Lipinski definition) is 5. The lowest BCUT2D eigenvalue weighted by Gasteiger charge is -2.11. The summed E-state index contributed by atoms with van der Waals surface area (Å²) in [4.78, 5) is 16.6. The Balaban J connectivity index is 1.60. The van der Waals surface area contributed by atoms with Crippen LogP contribution in [0.2, 0.25) is 0 Å². The number of hydrogen-bond donors (Lipinski definition) is 2. The number of ether oxygens (including phenoxy) is 2. The lowest BCUT2D eigenvalue weighted by molar-refractivity contribution is 0.0954. The van der Waals surface area contributed by atoms with E-state index < -0.39 is 0 Å². The second-order valence-corrected chi connectivity index (χ2v) is 6.15. The summed E-state index contributed by atoms with van der Waals surface area (Å²) in [6.07, 6.45) is 3.93. The van der Waals surface area contributed by atoms with Crippen molar-refractivity contribution in [3.05, 3.63) is 78.1 Å². The summed E-state index contributed by atoms with van der Waals surface area (Å²) in [6, 6.07) is 17.1. The van der Waals surface area contributed by atoms with Crippen molar-refractivity contribution in [2.24, 2.45) is 0 Å². The van der Waals surface area contributed by atoms with Crippen molar-refractivity contribution in [3.8, 4) is 11.5 Å². The fraction of sp³-hybridized carbons (Fsp3) is 0.182. The van der Waals surface area contributed by atoms with Gasteiger partial charge in [0.15, 0.2) is 0 Å². The third-order valence-corrected chi connectivity index (χ3v) is 4.22. The number of nitrogens with zero attached hydrogens (tertiary/aromatic N) is 1. The van der Waals surface area contributed by atoms with Crippen molar-refractivity contribution in [3.63, 3.8) is 0 Å². The van der Waals surface area contributed by atoms with Gasteiger partial charge in [-0.15, -0.1) is 0 Å². The maximum Gasteiger partial charge on any atom is 0.252 e. The predicted molar refractivity (Wildman–Crippen MR) is 110 cm³/mol. The van der Waals surface area contributed by atoms with Crippen molar-refractivity contribution < 1.29 is 14.3 Å². The number of carbonyl (C=O) groups is 1. The second-order valence-electron chi connectivity index (χ2n) is 6.15. The Hall–Kier alpha value is -3.54. The first kappa shape index (κ1) is 19.2. The summed E-state index contributed by atoms with van der Waals surface area (Å²) in [7, 11) is 3.25. The van der Waals surface area contributed by atoms with Gasteiger partial charge in [0, 0.05) is 12.7 Å². The van der Waals surface area contributed by atoms with Crippen molar-refractivity contribution in [2.45, 2.75) is 6.42 Å². The van der Waals surface area contributed by atoms with Crippen LogP contribution >= 0.6 is 0 Å². The lowest BCUT2D eigenvalue weighted by atomic mass is 10.1. The molecule has 0 saturated carbocycles. The Morgan fingerprint density at radius 1 is 1.00 bits per heavy atom. The molecule has 3 aromatic rings. The Kier molecular flexibility index (Phi) is 6.46. The Bertz CT molecular complexity index is 944. The molecule has 0 bridgehead atoms. The highest BCUT2D eigenvalue weighted by molar-refractivity contribution is 5.94. The molecule has 0 radical (unpaired) electrons. The molecule has 28 heavy (non-hydrogen) atoms. The van der Waals surface area contributed by atoms with Crippen molar-refractivity contribution >= 4 is 17.3 Å². The SMILES string of the molecule is COc1cccc(CCNC(=O)c2cncc(Nc3ccccc3OC)c2)c1. The summed E-state index contributed by atoms with van der Waals surface area (Å²) in [5.74, 6) is 1.36. The van der Waals surface area contributed by atoms with Crippen LogP contribution in [0.3, 0.4) is 0 Å². The number of methoxy groups -OCH3 is 2. The third kappa shape index (κ3) is 5.01. The predicted octanol–water partition coefficient (Wildman–Crippen LogP) is 3.81. The first-order valence-corrected chi connectivity index (χ1v) is 8.96. The van der Waals surface area contributed by atoms with E-state index in [1.165, 1.54) is 0 Å². The molecule has 6 heteroatoms. The monoisotopic (exact) mass is 377 g/mol. The number of aromatic nitrogens is 1. The first-order valence-electron chi connectivity index (χ1n) is 8.96. The lowest BCUT2D eigenvalue weighted by Crippen LogP contribution is -2.25. The van der Waals surface area contributed by atoms with E-state index in [1.807, 2.05) is 48.5 Å². The number of rotatable bonds is 8. The van der Waals surface area contributed by atoms with Gasteiger partial charge in [-0.2, -0.15) is 0 Å². The smallest absolute Gasteiger partial charge is 0.252 e. The summed E-state index contributed by atoms with van der Waals surface area (Å²) in [5.41, 5.74) is 3.11. The molecule has 2 N–H and O–H groups in total. The van der Waals surface area contributed by atoms with Gasteiger partial charge < -0.3 is 20.1 Å². The average Bonchev–Trinajstić information content (AvgIpc) is 2.74. The second kappa shape index (κ2) is 9.41. The molecule has 0 aliphatic carbocycles. The Morgan fingerprint density at radius 2 is 1.86 bits per heavy atom. The summed E-state index contributed by atoms with van der Waals surface area (Å²) in [6.45, 7) is 0.524. The zero-order valence-electron chi connectivity index (χ0n) is 15.9. The van der Waals surface area contributed by atoms with E-state index in [0.29, 0.717) is 17.8 Å². The van der Waals surface area contributed by atoms with E-state index in [1.54, 1.807) is 32.7 Å². The zero-order valence-corrected chi connectivity index (χ0v) is 15.9. The number of benzene rings is 2. The molecule has 1 amide bonds. The number of para-hydroxylation sites is 2. The first-order chi connectivity index (χ1) is 13.7. The normalized spacial score (nSPS) is 10.2. The van der Waals surface area contributed by atoms with E-state index in [2.05, 4.69) is 15.6 Å². The fourth-order valence-electron chi connectivity index (χ4n) is 2.79. The van der Waals surface area contributed by atoms with Crippen molar-refractivity contribution in [1.29, 1.82) is 0 Å². The standard InChI is InChI=1S/C22H23N3O3/c1-27-19-7-5-6-16(12-19)10-11-24-22(26)17-13-18(15-23-14-17)25-20-8-3-4-9-21(20)28-2/h3-9,12-15,25H,10-11H2,1-2H3,(H,24,26). The highest BCUT2D eigenvalue weighted by atomic mass is 16.5. The maximum atomic E-state index is 12.5. The Labute approximate surface area is 164 Å². The van der Waals surface area contributed by atoms with Crippen LogP contribution in [0.1, 0.15) is 15.9 Å². The van der Waals surface area contributed by atoms with Gasteiger partial charge in [0.05, 0.1) is 37.4 Å². The van der Waals surface area contributed by atoms with Crippen LogP contribution in [0.25, 0.3) is 0 Å². The molecule has 0 saturated heterocycles. The molecular formula is C22H23N3O3. The molecule has 0 aliphatic rings. The van der Waals surface area contributed by atoms with Crippen molar-refractivity contribution in [2.75, 3.05) is 26.1 Å². The van der Waals surface area contributed by atoms with Crippen molar-refractivity contribution in [1.82, 2.24) is 10.3 Å². The minimum Gasteiger partial charge on any atom is -0.497 e. The number of pyridine rings is 1. The van der Waals surface area contributed by atoms with Crippen LogP contribution in [0.4, 0.5) is 11.4 Å². The molecule has 1 aromatic heterocycles. The third-order valence-electron chi connectivity index (χ3n) is 4.22. The number of anilines is 2. The van der Waals surface area contributed by atoms with Gasteiger partial charge in [-0.25, -0.2) is 0 Å². The van der Waals surface area contributed by atoms with Crippen LogP contribution in [0, 0.1) is 0 Å². The molecule has 0 atom stereocenters. The molecule has 144 valence electrons. The van der Waals surface area contributed by atoms with E-state index in [9.17, 15) is 4.79 Å². The zero-order chi connectivity index (χ0) is 19.8. The summed E-state index contributed by atoms with van der Waals surface area (Å²) >= 11 is 0. The van der Waals surface area contributed by atoms with Crippen LogP contribution in [-0.2, 0) is 6.42 Å². The topological polar surface area (TPSA) is 72.5 Å². The molecule has 0 unspecified atom stereocenters. The Morgan fingerprint density at radius 3 is 2.68 bits per heavy atom. The highest BCUT2D eigenvalue weighted by Crippen LogP contribution is 2.26. The fourth-order valence-corrected chi connectivity index (χ4v) is 2.79. The molecular weight excluding hydrogens is 354 g/mol. The minimum absolute atomic E-state index is 0.168. The molecule has 0 spiro atoms. The largest absolute Gasteiger partial charge is 0.497 e. The minimum atomic E-state index is -0.168. The van der Waals surface area contributed by atoms with Gasteiger partial charge in [0.25, 0.3) is 5.91 Å². The van der Waals surface area contributed by atoms with Crippen LogP contribution in [0.15, 0.2) is 67.0 Å². The molecule has 1 heterocycles. The van der Waals surface area contributed by atoms with E-state index in [-0.39, 0.29) is 5.91 Å². The van der Waals surface area contributed by atoms with Gasteiger partial charge in [-0.1, -0.05) is 24.3 Å². The molecule has 3 rings (SSSR count). The maximum absolute atomic E-state index is 12.5. The van der Waals surface area contributed by atoms with E-state index >= 15 is 0 Å². The number of amides is 1. The van der Waals surface area contributed by atoms with Crippen LogP contribution in [0.5, 0.6) is 11.5 Å². The molecule has 0 aliphatic heterocycles. The van der Waals surface area contributed by atoms with Gasteiger partial charge in [-0.05, 0) is 42.3 Å². The van der Waals surface area contributed by atoms with Gasteiger partial charge in [0.2, 0.25) is 0 Å². The molecule has 0 fully saturated rings. The summed E-state index contributed by atoms with van der Waals surface area (Å²) in [5, 5.41) is 6.16. The summed E-state index contributed by atoms with van der Waals surface area (Å²) < 4.78 is 10.6. The quantitative estimate of drug-likeness (QED) is 0.624. The molecule has 6 nitrogen and oxygen atoms in total. The van der Waals surface area contributed by atoms with Gasteiger partial charge in [0.1, 0.15) is 11.5 Å². The van der Waals surface area contributed by atoms with Gasteiger partial charge in [-0.3, -0.25) is 9.78 Å². The van der Waals surface area contributed by atoms with Gasteiger partial charge >= 0.3 is 0 Å². The van der Waals surface area contributed by atoms with Crippen LogP contribution < -0.4 is 20.1 Å². The van der Waals surface area contributed by atoms with Crippen LogP contribution in [-0.4, -0.2) is 31.7 Å².